The van der Waals surface area contributed by atoms with Gasteiger partial charge in [0.05, 0.1) is 11.4 Å². The lowest BCUT2D eigenvalue weighted by Gasteiger charge is -2.19. The Labute approximate surface area is 159 Å². The van der Waals surface area contributed by atoms with Gasteiger partial charge >= 0.3 is 6.09 Å². The summed E-state index contributed by atoms with van der Waals surface area (Å²) >= 11 is 5.30. The van der Waals surface area contributed by atoms with E-state index in [0.717, 1.165) is 16.9 Å². The number of amides is 1. The van der Waals surface area contributed by atoms with E-state index >= 15 is 0 Å². The molecular weight excluding hydrogens is 348 g/mol. The summed E-state index contributed by atoms with van der Waals surface area (Å²) in [6, 6.07) is 15.0. The summed E-state index contributed by atoms with van der Waals surface area (Å²) in [5, 5.41) is 9.32. The second kappa shape index (κ2) is 8.53. The minimum absolute atomic E-state index is 0.387. The number of ether oxygens (including phenoxy) is 1. The Morgan fingerprint density at radius 2 is 1.73 bits per heavy atom. The highest BCUT2D eigenvalue weighted by Crippen LogP contribution is 2.17. The fourth-order valence-electron chi connectivity index (χ4n) is 2.09. The third-order valence-electron chi connectivity index (χ3n) is 3.26. The van der Waals surface area contributed by atoms with Crippen LogP contribution in [0.3, 0.4) is 0 Å². The molecule has 2 rings (SSSR count). The van der Waals surface area contributed by atoms with Crippen molar-refractivity contribution in [1.29, 1.82) is 0 Å². The van der Waals surface area contributed by atoms with Gasteiger partial charge in [-0.25, -0.2) is 4.79 Å². The van der Waals surface area contributed by atoms with Crippen LogP contribution >= 0.6 is 12.2 Å². The number of hydrogen-bond donors (Lipinski definition) is 4. The number of alkyl carbamates (subject to hydrolysis) is 1. The highest BCUT2D eigenvalue weighted by atomic mass is 32.1. The molecule has 0 atom stereocenters. The van der Waals surface area contributed by atoms with Gasteiger partial charge in [-0.3, -0.25) is 0 Å². The van der Waals surface area contributed by atoms with Gasteiger partial charge in [-0.1, -0.05) is 24.3 Å². The molecule has 0 aliphatic rings. The minimum atomic E-state index is -0.511. The van der Waals surface area contributed by atoms with Crippen LogP contribution in [0.15, 0.2) is 48.5 Å². The van der Waals surface area contributed by atoms with Crippen molar-refractivity contribution in [3.63, 3.8) is 0 Å². The normalized spacial score (nSPS) is 10.7. The number of hydrogen-bond acceptors (Lipinski definition) is 4. The van der Waals surface area contributed by atoms with E-state index in [9.17, 15) is 4.79 Å². The summed E-state index contributed by atoms with van der Waals surface area (Å²) in [5.41, 5.74) is 8.53. The first kappa shape index (κ1) is 19.5. The molecule has 2 aromatic rings. The average Bonchev–Trinajstić information content (AvgIpc) is 2.55. The Morgan fingerprint density at radius 3 is 2.35 bits per heavy atom. The highest BCUT2D eigenvalue weighted by molar-refractivity contribution is 7.80. The monoisotopic (exact) mass is 372 g/mol. The Morgan fingerprint density at radius 1 is 1.08 bits per heavy atom. The summed E-state index contributed by atoms with van der Waals surface area (Å²) in [6.45, 7) is 5.87. The predicted octanol–water partition coefficient (Wildman–Crippen LogP) is 4.10. The van der Waals surface area contributed by atoms with E-state index in [1.807, 2.05) is 63.2 Å². The van der Waals surface area contributed by atoms with Gasteiger partial charge in [-0.2, -0.15) is 0 Å². The van der Waals surface area contributed by atoms with Crippen molar-refractivity contribution in [2.45, 2.75) is 32.9 Å². The van der Waals surface area contributed by atoms with Crippen molar-refractivity contribution in [1.82, 2.24) is 5.32 Å². The molecule has 0 heterocycles. The number of nitrogens with one attached hydrogen (secondary N) is 3. The Balaban J connectivity index is 1.84. The lowest BCUT2D eigenvalue weighted by molar-refractivity contribution is 0.0523. The molecule has 1 amide bonds. The number of anilines is 3. The third kappa shape index (κ3) is 6.60. The number of benzene rings is 2. The number of nitrogen functional groups attached to an aromatic ring is 1. The minimum Gasteiger partial charge on any atom is -0.444 e. The largest absolute Gasteiger partial charge is 0.444 e. The first-order valence-electron chi connectivity index (χ1n) is 8.21. The van der Waals surface area contributed by atoms with E-state index in [1.165, 1.54) is 0 Å². The Kier molecular flexibility index (Phi) is 6.41. The molecule has 0 radical (unpaired) electrons. The van der Waals surface area contributed by atoms with Gasteiger partial charge in [-0.05, 0) is 62.8 Å². The van der Waals surface area contributed by atoms with Crippen LogP contribution in [0.25, 0.3) is 0 Å². The van der Waals surface area contributed by atoms with Crippen LogP contribution in [0.2, 0.25) is 0 Å². The van der Waals surface area contributed by atoms with Gasteiger partial charge in [0, 0.05) is 12.2 Å². The van der Waals surface area contributed by atoms with E-state index in [2.05, 4.69) is 16.0 Å². The summed E-state index contributed by atoms with van der Waals surface area (Å²) in [5.74, 6) is 0. The van der Waals surface area contributed by atoms with Crippen molar-refractivity contribution in [2.75, 3.05) is 16.4 Å². The van der Waals surface area contributed by atoms with Crippen LogP contribution in [0, 0.1) is 0 Å². The molecule has 0 saturated heterocycles. The summed E-state index contributed by atoms with van der Waals surface area (Å²) in [7, 11) is 0. The van der Waals surface area contributed by atoms with Crippen LogP contribution in [0.1, 0.15) is 26.3 Å². The molecule has 26 heavy (non-hydrogen) atoms. The number of thiocarbonyl (C=S) groups is 1. The van der Waals surface area contributed by atoms with E-state index in [4.69, 9.17) is 22.7 Å². The lowest BCUT2D eigenvalue weighted by atomic mass is 10.2. The molecule has 138 valence electrons. The maximum absolute atomic E-state index is 11.7. The van der Waals surface area contributed by atoms with Crippen molar-refractivity contribution in [2.24, 2.45) is 0 Å². The molecule has 0 fully saturated rings. The number of nitrogens with two attached hydrogens (primary N) is 1. The maximum Gasteiger partial charge on any atom is 0.407 e. The van der Waals surface area contributed by atoms with Crippen molar-refractivity contribution in [3.05, 3.63) is 54.1 Å². The molecule has 6 nitrogen and oxygen atoms in total. The van der Waals surface area contributed by atoms with Crippen LogP contribution in [-0.4, -0.2) is 16.8 Å². The number of para-hydroxylation sites is 2. The van der Waals surface area contributed by atoms with Gasteiger partial charge < -0.3 is 26.4 Å². The molecule has 5 N–H and O–H groups in total. The molecule has 2 aromatic carbocycles. The fourth-order valence-corrected chi connectivity index (χ4v) is 2.32. The van der Waals surface area contributed by atoms with Crippen molar-refractivity contribution < 1.29 is 9.53 Å². The Bertz CT molecular complexity index is 770. The Hall–Kier alpha value is -2.80. The SMILES string of the molecule is CC(C)(C)OC(=O)NCc1ccc(NC(=S)Nc2ccccc2N)cc1. The highest BCUT2D eigenvalue weighted by Gasteiger charge is 2.15. The van der Waals surface area contributed by atoms with Crippen LogP contribution in [-0.2, 0) is 11.3 Å². The predicted molar refractivity (Wildman–Crippen MR) is 110 cm³/mol. The summed E-state index contributed by atoms with van der Waals surface area (Å²) in [6.07, 6.45) is -0.439. The summed E-state index contributed by atoms with van der Waals surface area (Å²) < 4.78 is 5.20. The van der Waals surface area contributed by atoms with Crippen molar-refractivity contribution >= 4 is 40.5 Å². The molecule has 0 spiro atoms. The zero-order valence-electron chi connectivity index (χ0n) is 15.1. The first-order chi connectivity index (χ1) is 12.2. The van der Waals surface area contributed by atoms with Gasteiger partial charge in [-0.15, -0.1) is 0 Å². The van der Waals surface area contributed by atoms with E-state index in [0.29, 0.717) is 17.3 Å². The van der Waals surface area contributed by atoms with Crippen LogP contribution in [0.4, 0.5) is 21.9 Å². The quantitative estimate of drug-likeness (QED) is 0.477. The van der Waals surface area contributed by atoms with E-state index in [-0.39, 0.29) is 0 Å². The number of rotatable bonds is 4. The molecule has 0 aliphatic heterocycles. The standard InChI is InChI=1S/C19H24N4O2S/c1-19(2,3)25-18(24)21-12-13-8-10-14(11-9-13)22-17(26)23-16-7-5-4-6-15(16)20/h4-11H,12,20H2,1-3H3,(H,21,24)(H2,22,23,26). The van der Waals surface area contributed by atoms with Crippen LogP contribution in [0.5, 0.6) is 0 Å². The zero-order chi connectivity index (χ0) is 19.2. The molecular formula is C19H24N4O2S. The van der Waals surface area contributed by atoms with E-state index in [1.54, 1.807) is 6.07 Å². The smallest absolute Gasteiger partial charge is 0.407 e. The van der Waals surface area contributed by atoms with Gasteiger partial charge in [0.25, 0.3) is 0 Å². The average molecular weight is 372 g/mol. The molecule has 7 heteroatoms. The molecule has 0 bridgehead atoms. The van der Waals surface area contributed by atoms with E-state index < -0.39 is 11.7 Å². The molecule has 0 unspecified atom stereocenters. The lowest BCUT2D eigenvalue weighted by Crippen LogP contribution is -2.32. The summed E-state index contributed by atoms with van der Waals surface area (Å²) in [4.78, 5) is 11.7. The molecule has 0 saturated carbocycles. The number of carbonyl (C=O) groups excluding carboxylic acids is 1. The first-order valence-corrected chi connectivity index (χ1v) is 8.62. The fraction of sp³-hybridized carbons (Fsp3) is 0.263. The topological polar surface area (TPSA) is 88.4 Å². The van der Waals surface area contributed by atoms with Gasteiger partial charge in [0.1, 0.15) is 5.60 Å². The zero-order valence-corrected chi connectivity index (χ0v) is 15.9. The number of carbonyl (C=O) groups is 1. The van der Waals surface area contributed by atoms with Crippen molar-refractivity contribution in [3.8, 4) is 0 Å². The van der Waals surface area contributed by atoms with Gasteiger partial charge in [0.15, 0.2) is 5.11 Å². The maximum atomic E-state index is 11.7. The second-order valence-corrected chi connectivity index (χ2v) is 7.13. The third-order valence-corrected chi connectivity index (χ3v) is 3.46. The van der Waals surface area contributed by atoms with Crippen LogP contribution < -0.4 is 21.7 Å². The van der Waals surface area contributed by atoms with Gasteiger partial charge in [0.2, 0.25) is 0 Å². The molecule has 0 aromatic heterocycles. The second-order valence-electron chi connectivity index (χ2n) is 6.72. The molecule has 0 aliphatic carbocycles.